The number of nitrogens with zero attached hydrogens (tertiary/aromatic N) is 3. The third-order valence-corrected chi connectivity index (χ3v) is 3.43. The van der Waals surface area contributed by atoms with E-state index in [1.807, 2.05) is 0 Å². The Labute approximate surface area is 83.9 Å². The van der Waals surface area contributed by atoms with Crippen molar-refractivity contribution in [1.29, 1.82) is 0 Å². The summed E-state index contributed by atoms with van der Waals surface area (Å²) < 4.78 is 0. The fourth-order valence-electron chi connectivity index (χ4n) is 2.75. The van der Waals surface area contributed by atoms with Crippen LogP contribution in [-0.2, 0) is 0 Å². The lowest BCUT2D eigenvalue weighted by atomic mass is 9.89. The molecule has 8 nitrogen and oxygen atoms in total. The quantitative estimate of drug-likeness (QED) is 0.311. The Morgan fingerprint density at radius 3 is 2.27 bits per heavy atom. The average molecular weight is 215 g/mol. The topological polar surface area (TPSA) is 119 Å². The Balaban J connectivity index is 2.47. The van der Waals surface area contributed by atoms with Crippen molar-refractivity contribution in [2.75, 3.05) is 0 Å². The minimum absolute atomic E-state index is 0.156. The molecule has 2 aliphatic rings. The van der Waals surface area contributed by atoms with E-state index >= 15 is 0 Å². The molecular formula is C7H9N3O5. The molecule has 8 heteroatoms. The van der Waals surface area contributed by atoms with E-state index in [-0.39, 0.29) is 18.1 Å². The molecule has 15 heavy (non-hydrogen) atoms. The molecule has 0 aromatic heterocycles. The van der Waals surface area contributed by atoms with Gasteiger partial charge < -0.3 is 5.21 Å². The summed E-state index contributed by atoms with van der Waals surface area (Å²) >= 11 is 0. The molecule has 2 fully saturated rings. The normalized spacial score (nSPS) is 34.5. The molecule has 2 rings (SSSR count). The van der Waals surface area contributed by atoms with Crippen LogP contribution < -0.4 is 0 Å². The van der Waals surface area contributed by atoms with Gasteiger partial charge in [0.1, 0.15) is 5.92 Å². The summed E-state index contributed by atoms with van der Waals surface area (Å²) in [7, 11) is 0. The van der Waals surface area contributed by atoms with Crippen molar-refractivity contribution in [3.63, 3.8) is 0 Å². The number of hydrogen-bond donors (Lipinski definition) is 1. The maximum absolute atomic E-state index is 10.8. The van der Waals surface area contributed by atoms with Crippen LogP contribution in [0, 0.1) is 32.1 Å². The van der Waals surface area contributed by atoms with Crippen LogP contribution in [0.25, 0.3) is 0 Å². The number of fused-ring (bicyclic) bond motifs is 2. The monoisotopic (exact) mass is 215 g/mol. The third kappa shape index (κ3) is 0.984. The van der Waals surface area contributed by atoms with E-state index in [2.05, 4.69) is 5.16 Å². The highest BCUT2D eigenvalue weighted by Gasteiger charge is 2.73. The van der Waals surface area contributed by atoms with Crippen molar-refractivity contribution >= 4 is 5.71 Å². The van der Waals surface area contributed by atoms with Gasteiger partial charge in [-0.2, -0.15) is 0 Å². The predicted molar refractivity (Wildman–Crippen MR) is 46.8 cm³/mol. The minimum atomic E-state index is -2.16. The Hall–Kier alpha value is -1.73. The van der Waals surface area contributed by atoms with Gasteiger partial charge in [0, 0.05) is 5.92 Å². The van der Waals surface area contributed by atoms with E-state index in [0.29, 0.717) is 12.8 Å². The van der Waals surface area contributed by atoms with E-state index < -0.39 is 21.4 Å². The molecule has 0 unspecified atom stereocenters. The summed E-state index contributed by atoms with van der Waals surface area (Å²) in [5.41, 5.74) is -1.94. The van der Waals surface area contributed by atoms with Crippen LogP contribution in [0.5, 0.6) is 0 Å². The molecule has 0 spiro atoms. The van der Waals surface area contributed by atoms with Crippen LogP contribution in [0.2, 0.25) is 0 Å². The summed E-state index contributed by atoms with van der Waals surface area (Å²) in [6, 6.07) is 0. The highest BCUT2D eigenvalue weighted by atomic mass is 16.7. The van der Waals surface area contributed by atoms with Crippen molar-refractivity contribution < 1.29 is 15.1 Å². The minimum Gasteiger partial charge on any atom is -0.411 e. The Morgan fingerprint density at radius 2 is 1.93 bits per heavy atom. The van der Waals surface area contributed by atoms with Gasteiger partial charge in [-0.15, -0.1) is 0 Å². The van der Waals surface area contributed by atoms with E-state index in [4.69, 9.17) is 5.21 Å². The summed E-state index contributed by atoms with van der Waals surface area (Å²) in [6.45, 7) is 0. The predicted octanol–water partition coefficient (Wildman–Crippen LogP) is 0.496. The second kappa shape index (κ2) is 2.88. The van der Waals surface area contributed by atoms with Crippen LogP contribution >= 0.6 is 0 Å². The van der Waals surface area contributed by atoms with Gasteiger partial charge in [-0.1, -0.05) is 5.16 Å². The van der Waals surface area contributed by atoms with Crippen LogP contribution in [0.4, 0.5) is 0 Å². The highest BCUT2D eigenvalue weighted by molar-refractivity contribution is 5.93. The third-order valence-electron chi connectivity index (χ3n) is 3.43. The number of hydrogen-bond acceptors (Lipinski definition) is 6. The molecule has 82 valence electrons. The molecule has 0 aromatic rings. The standard InChI is InChI=1S/C7H9N3O5/c11-8-6-4-1-2-5(6)7(3-4,9(12)13)10(14)15/h4-5,11H,1-3H2/t4-,5-/m1/s1. The van der Waals surface area contributed by atoms with Crippen LogP contribution in [0.3, 0.4) is 0 Å². The molecule has 0 saturated heterocycles. The van der Waals surface area contributed by atoms with Gasteiger partial charge in [-0.25, -0.2) is 0 Å². The summed E-state index contributed by atoms with van der Waals surface area (Å²) in [5, 5.41) is 33.4. The molecule has 0 amide bonds. The van der Waals surface area contributed by atoms with Gasteiger partial charge in [0.25, 0.3) is 0 Å². The maximum atomic E-state index is 10.8. The molecule has 0 heterocycles. The maximum Gasteiger partial charge on any atom is 0.467 e. The van der Waals surface area contributed by atoms with Gasteiger partial charge in [0.2, 0.25) is 0 Å². The first-order valence-corrected chi connectivity index (χ1v) is 4.55. The average Bonchev–Trinajstić information content (AvgIpc) is 2.71. The zero-order chi connectivity index (χ0) is 11.2. The second-order valence-corrected chi connectivity index (χ2v) is 3.95. The molecule has 0 aromatic carbocycles. The Kier molecular flexibility index (Phi) is 1.88. The Bertz CT molecular complexity index is 352. The van der Waals surface area contributed by atoms with Crippen molar-refractivity contribution in [2.45, 2.75) is 24.9 Å². The molecule has 1 N–H and O–H groups in total. The summed E-state index contributed by atoms with van der Waals surface area (Å²) in [6.07, 6.45) is 0.830. The van der Waals surface area contributed by atoms with Crippen LogP contribution in [0.15, 0.2) is 5.16 Å². The summed E-state index contributed by atoms with van der Waals surface area (Å²) in [4.78, 5) is 20.0. The van der Waals surface area contributed by atoms with Gasteiger partial charge in [0.15, 0.2) is 0 Å². The fourth-order valence-corrected chi connectivity index (χ4v) is 2.75. The molecule has 0 radical (unpaired) electrons. The van der Waals surface area contributed by atoms with Crippen LogP contribution in [-0.4, -0.2) is 26.4 Å². The first kappa shape index (κ1) is 9.81. The zero-order valence-electron chi connectivity index (χ0n) is 7.70. The Morgan fingerprint density at radius 1 is 1.33 bits per heavy atom. The molecule has 2 aliphatic carbocycles. The van der Waals surface area contributed by atoms with Crippen molar-refractivity contribution in [3.8, 4) is 0 Å². The SMILES string of the molecule is O=[N+]([O-])C1([N+](=O)[O-])C[C@H]2CC[C@@H]1C2=NO. The number of rotatable bonds is 2. The fraction of sp³-hybridized carbons (Fsp3) is 0.857. The molecule has 2 saturated carbocycles. The number of oxime groups is 1. The summed E-state index contributed by atoms with van der Waals surface area (Å²) in [5.74, 6) is -1.16. The van der Waals surface area contributed by atoms with E-state index in [1.165, 1.54) is 0 Å². The first-order valence-electron chi connectivity index (χ1n) is 4.55. The first-order chi connectivity index (χ1) is 7.04. The van der Waals surface area contributed by atoms with Crippen LogP contribution in [0.1, 0.15) is 19.3 Å². The molecular weight excluding hydrogens is 206 g/mol. The zero-order valence-corrected chi connectivity index (χ0v) is 7.70. The molecule has 2 bridgehead atoms. The second-order valence-electron chi connectivity index (χ2n) is 3.95. The van der Waals surface area contributed by atoms with E-state index in [1.54, 1.807) is 0 Å². The molecule has 2 atom stereocenters. The van der Waals surface area contributed by atoms with E-state index in [0.717, 1.165) is 0 Å². The molecule has 0 aliphatic heterocycles. The van der Waals surface area contributed by atoms with Crippen molar-refractivity contribution in [1.82, 2.24) is 0 Å². The smallest absolute Gasteiger partial charge is 0.411 e. The van der Waals surface area contributed by atoms with Gasteiger partial charge in [-0.3, -0.25) is 20.2 Å². The largest absolute Gasteiger partial charge is 0.467 e. The van der Waals surface area contributed by atoms with Crippen molar-refractivity contribution in [3.05, 3.63) is 20.2 Å². The van der Waals surface area contributed by atoms with E-state index in [9.17, 15) is 20.2 Å². The van der Waals surface area contributed by atoms with Gasteiger partial charge in [-0.05, 0) is 12.8 Å². The highest BCUT2D eigenvalue weighted by Crippen LogP contribution is 2.50. The van der Waals surface area contributed by atoms with Gasteiger partial charge in [0.05, 0.1) is 22.0 Å². The van der Waals surface area contributed by atoms with Crippen molar-refractivity contribution in [2.24, 2.45) is 17.0 Å². The lowest BCUT2D eigenvalue weighted by Gasteiger charge is -2.19. The lowest BCUT2D eigenvalue weighted by molar-refractivity contribution is -0.803. The number of nitro groups is 2. The van der Waals surface area contributed by atoms with Gasteiger partial charge >= 0.3 is 5.66 Å². The lowest BCUT2D eigenvalue weighted by Crippen LogP contribution is -2.51.